The van der Waals surface area contributed by atoms with Gasteiger partial charge < -0.3 is 9.47 Å². The second kappa shape index (κ2) is 4.91. The molecule has 0 N–H and O–H groups in total. The van der Waals surface area contributed by atoms with Crippen LogP contribution in [0.2, 0.25) is 0 Å². The van der Waals surface area contributed by atoms with Crippen LogP contribution in [0.1, 0.15) is 33.6 Å². The highest BCUT2D eigenvalue weighted by Crippen LogP contribution is 2.26. The molecule has 0 spiro atoms. The third-order valence-electron chi connectivity index (χ3n) is 2.48. The minimum atomic E-state index is 0.250. The van der Waals surface area contributed by atoms with Gasteiger partial charge in [-0.05, 0) is 38.9 Å². The SMILES string of the molecule is CCOC(=S)C(C)C1CCC(C)O1. The molecule has 0 saturated carbocycles. The second-order valence-electron chi connectivity index (χ2n) is 3.60. The predicted molar refractivity (Wildman–Crippen MR) is 57.0 cm³/mol. The Morgan fingerprint density at radius 1 is 1.62 bits per heavy atom. The van der Waals surface area contributed by atoms with Crippen LogP contribution in [0.4, 0.5) is 0 Å². The number of hydrogen-bond donors (Lipinski definition) is 0. The molecule has 0 aromatic carbocycles. The van der Waals surface area contributed by atoms with Crippen LogP contribution in [0, 0.1) is 5.92 Å². The number of rotatable bonds is 3. The van der Waals surface area contributed by atoms with E-state index in [1.807, 2.05) is 6.92 Å². The van der Waals surface area contributed by atoms with Gasteiger partial charge in [-0.3, -0.25) is 0 Å². The maximum atomic E-state index is 5.72. The molecule has 1 aliphatic rings. The highest BCUT2D eigenvalue weighted by atomic mass is 32.1. The van der Waals surface area contributed by atoms with Gasteiger partial charge in [0.15, 0.2) is 5.05 Å². The molecule has 3 unspecified atom stereocenters. The zero-order valence-corrected chi connectivity index (χ0v) is 9.39. The summed E-state index contributed by atoms with van der Waals surface area (Å²) >= 11 is 5.15. The van der Waals surface area contributed by atoms with Crippen molar-refractivity contribution in [2.45, 2.75) is 45.8 Å². The first-order valence-electron chi connectivity index (χ1n) is 4.97. The van der Waals surface area contributed by atoms with Gasteiger partial charge in [0.1, 0.15) is 0 Å². The van der Waals surface area contributed by atoms with E-state index in [9.17, 15) is 0 Å². The zero-order chi connectivity index (χ0) is 9.84. The fourth-order valence-corrected chi connectivity index (χ4v) is 1.90. The molecule has 13 heavy (non-hydrogen) atoms. The number of hydrogen-bond acceptors (Lipinski definition) is 3. The third kappa shape index (κ3) is 2.92. The van der Waals surface area contributed by atoms with E-state index in [0.717, 1.165) is 12.8 Å². The molecule has 0 amide bonds. The Kier molecular flexibility index (Phi) is 4.13. The Bertz CT molecular complexity index is 182. The van der Waals surface area contributed by atoms with Crippen LogP contribution in [0.3, 0.4) is 0 Å². The highest BCUT2D eigenvalue weighted by molar-refractivity contribution is 7.80. The van der Waals surface area contributed by atoms with E-state index in [2.05, 4.69) is 13.8 Å². The van der Waals surface area contributed by atoms with Crippen molar-refractivity contribution in [3.63, 3.8) is 0 Å². The molecule has 0 radical (unpaired) electrons. The van der Waals surface area contributed by atoms with Gasteiger partial charge >= 0.3 is 0 Å². The van der Waals surface area contributed by atoms with Gasteiger partial charge in [-0.1, -0.05) is 6.92 Å². The molecule has 3 atom stereocenters. The van der Waals surface area contributed by atoms with E-state index >= 15 is 0 Å². The van der Waals surface area contributed by atoms with Crippen molar-refractivity contribution >= 4 is 17.3 Å². The van der Waals surface area contributed by atoms with Crippen molar-refractivity contribution < 1.29 is 9.47 Å². The lowest BCUT2D eigenvalue weighted by atomic mass is 10.0. The Morgan fingerprint density at radius 2 is 2.31 bits per heavy atom. The molecule has 0 aliphatic carbocycles. The van der Waals surface area contributed by atoms with E-state index in [-0.39, 0.29) is 12.0 Å². The molecule has 3 heteroatoms. The van der Waals surface area contributed by atoms with Gasteiger partial charge in [-0.2, -0.15) is 0 Å². The van der Waals surface area contributed by atoms with E-state index < -0.39 is 0 Å². The predicted octanol–water partition coefficient (Wildman–Crippen LogP) is 2.55. The monoisotopic (exact) mass is 202 g/mol. The van der Waals surface area contributed by atoms with Crippen LogP contribution in [0.15, 0.2) is 0 Å². The van der Waals surface area contributed by atoms with Crippen molar-refractivity contribution in [2.24, 2.45) is 5.92 Å². The first-order chi connectivity index (χ1) is 6.15. The van der Waals surface area contributed by atoms with Crippen LogP contribution < -0.4 is 0 Å². The highest BCUT2D eigenvalue weighted by Gasteiger charge is 2.29. The molecule has 2 nitrogen and oxygen atoms in total. The third-order valence-corrected chi connectivity index (χ3v) is 2.97. The average molecular weight is 202 g/mol. The van der Waals surface area contributed by atoms with Gasteiger partial charge in [0.05, 0.1) is 24.7 Å². The van der Waals surface area contributed by atoms with Crippen molar-refractivity contribution in [1.82, 2.24) is 0 Å². The molecule has 1 fully saturated rings. The molecule has 0 bridgehead atoms. The van der Waals surface area contributed by atoms with Crippen LogP contribution in [0.25, 0.3) is 0 Å². The summed E-state index contributed by atoms with van der Waals surface area (Å²) in [6, 6.07) is 0. The Labute approximate surface area is 85.6 Å². The van der Waals surface area contributed by atoms with Crippen molar-refractivity contribution in [3.8, 4) is 0 Å². The van der Waals surface area contributed by atoms with Gasteiger partial charge in [-0.25, -0.2) is 0 Å². The van der Waals surface area contributed by atoms with Crippen molar-refractivity contribution in [2.75, 3.05) is 6.61 Å². The Hall–Kier alpha value is -0.150. The van der Waals surface area contributed by atoms with Crippen LogP contribution >= 0.6 is 12.2 Å². The molecule has 1 rings (SSSR count). The molecule has 76 valence electrons. The summed E-state index contributed by atoms with van der Waals surface area (Å²) in [6.45, 7) is 6.81. The summed E-state index contributed by atoms with van der Waals surface area (Å²) < 4.78 is 11.0. The summed E-state index contributed by atoms with van der Waals surface area (Å²) in [5.41, 5.74) is 0. The van der Waals surface area contributed by atoms with Crippen molar-refractivity contribution in [1.29, 1.82) is 0 Å². The molecule has 0 aromatic heterocycles. The summed E-state index contributed by atoms with van der Waals surface area (Å²) in [7, 11) is 0. The summed E-state index contributed by atoms with van der Waals surface area (Å²) in [5.74, 6) is 0.250. The Balaban J connectivity index is 2.38. The topological polar surface area (TPSA) is 18.5 Å². The van der Waals surface area contributed by atoms with Crippen LogP contribution in [-0.4, -0.2) is 23.9 Å². The maximum Gasteiger partial charge on any atom is 0.165 e. The van der Waals surface area contributed by atoms with Crippen LogP contribution in [0.5, 0.6) is 0 Å². The van der Waals surface area contributed by atoms with Crippen molar-refractivity contribution in [3.05, 3.63) is 0 Å². The largest absolute Gasteiger partial charge is 0.487 e. The molecule has 1 aliphatic heterocycles. The molecular formula is C10H18O2S. The lowest BCUT2D eigenvalue weighted by Crippen LogP contribution is -2.26. The van der Waals surface area contributed by atoms with E-state index in [0.29, 0.717) is 17.8 Å². The quantitative estimate of drug-likeness (QED) is 0.655. The summed E-state index contributed by atoms with van der Waals surface area (Å²) in [5, 5.41) is 0.696. The van der Waals surface area contributed by atoms with E-state index in [4.69, 9.17) is 21.7 Å². The first kappa shape index (κ1) is 10.9. The lowest BCUT2D eigenvalue weighted by molar-refractivity contribution is 0.0355. The summed E-state index contributed by atoms with van der Waals surface area (Å²) in [6.07, 6.45) is 2.91. The number of thiocarbonyl (C=S) groups is 1. The second-order valence-corrected chi connectivity index (χ2v) is 4.01. The van der Waals surface area contributed by atoms with Gasteiger partial charge in [0.2, 0.25) is 0 Å². The van der Waals surface area contributed by atoms with Gasteiger partial charge in [-0.15, -0.1) is 0 Å². The molecule has 1 heterocycles. The van der Waals surface area contributed by atoms with E-state index in [1.165, 1.54) is 0 Å². The fraction of sp³-hybridized carbons (Fsp3) is 0.900. The first-order valence-corrected chi connectivity index (χ1v) is 5.38. The lowest BCUT2D eigenvalue weighted by Gasteiger charge is -2.19. The van der Waals surface area contributed by atoms with E-state index in [1.54, 1.807) is 0 Å². The molecule has 0 aromatic rings. The number of ether oxygens (including phenoxy) is 2. The smallest absolute Gasteiger partial charge is 0.165 e. The zero-order valence-electron chi connectivity index (χ0n) is 8.58. The minimum absolute atomic E-state index is 0.250. The standard InChI is InChI=1S/C10H18O2S/c1-4-11-10(13)8(3)9-6-5-7(2)12-9/h7-9H,4-6H2,1-3H3. The fourth-order valence-electron chi connectivity index (χ4n) is 1.63. The normalized spacial score (nSPS) is 30.1. The molecular weight excluding hydrogens is 184 g/mol. The summed E-state index contributed by atoms with van der Waals surface area (Å²) in [4.78, 5) is 0. The van der Waals surface area contributed by atoms with Crippen LogP contribution in [-0.2, 0) is 9.47 Å². The maximum absolute atomic E-state index is 5.72. The molecule has 1 saturated heterocycles. The average Bonchev–Trinajstić information content (AvgIpc) is 2.51. The van der Waals surface area contributed by atoms with Gasteiger partial charge in [0.25, 0.3) is 0 Å². The minimum Gasteiger partial charge on any atom is -0.487 e. The van der Waals surface area contributed by atoms with Gasteiger partial charge in [0, 0.05) is 0 Å². The Morgan fingerprint density at radius 3 is 2.77 bits per heavy atom.